The molecule has 0 aromatic carbocycles. The first-order valence-corrected chi connectivity index (χ1v) is 8.47. The van der Waals surface area contributed by atoms with Gasteiger partial charge in [-0.25, -0.2) is 13.1 Å². The van der Waals surface area contributed by atoms with E-state index in [1.165, 1.54) is 11.3 Å². The summed E-state index contributed by atoms with van der Waals surface area (Å²) >= 11 is 1.25. The van der Waals surface area contributed by atoms with E-state index < -0.39 is 10.0 Å². The Hall–Kier alpha value is -1.22. The Labute approximate surface area is 122 Å². The van der Waals surface area contributed by atoms with Crippen molar-refractivity contribution in [3.63, 3.8) is 0 Å². The average Bonchev–Trinajstić information content (AvgIpc) is 2.95. The molecule has 2 aromatic rings. The van der Waals surface area contributed by atoms with Crippen molar-refractivity contribution >= 4 is 21.4 Å². The average molecular weight is 315 g/mol. The van der Waals surface area contributed by atoms with Crippen LogP contribution in [0.2, 0.25) is 0 Å². The maximum atomic E-state index is 12.2. The van der Waals surface area contributed by atoms with Gasteiger partial charge in [0.05, 0.1) is 24.2 Å². The second-order valence-corrected chi connectivity index (χ2v) is 7.18. The number of rotatable bonds is 6. The molecule has 0 saturated heterocycles. The molecule has 2 aromatic heterocycles. The number of hydrogen-bond acceptors (Lipinski definition) is 5. The standard InChI is InChI=1S/C12H17N3O3S2/c1-9-5-13-15(6-9)4-3-14-20(17,18)12-10(2)8-19-11(12)7-16/h5-6,8,14,16H,3-4,7H2,1-2H3. The van der Waals surface area contributed by atoms with Crippen LogP contribution in [0, 0.1) is 13.8 Å². The Bertz CT molecular complexity index is 689. The van der Waals surface area contributed by atoms with Gasteiger partial charge in [0, 0.05) is 12.7 Å². The fourth-order valence-electron chi connectivity index (χ4n) is 1.91. The first kappa shape index (κ1) is 15.2. The summed E-state index contributed by atoms with van der Waals surface area (Å²) in [6.07, 6.45) is 3.57. The SMILES string of the molecule is Cc1cnn(CCNS(=O)(=O)c2c(C)csc2CO)c1. The minimum atomic E-state index is -3.59. The van der Waals surface area contributed by atoms with Crippen molar-refractivity contribution in [2.45, 2.75) is 31.9 Å². The number of aromatic nitrogens is 2. The smallest absolute Gasteiger partial charge is 0.242 e. The zero-order chi connectivity index (χ0) is 14.8. The van der Waals surface area contributed by atoms with Crippen molar-refractivity contribution in [1.29, 1.82) is 0 Å². The predicted octanol–water partition coefficient (Wildman–Crippen LogP) is 1.03. The van der Waals surface area contributed by atoms with Gasteiger partial charge in [-0.05, 0) is 30.4 Å². The molecule has 2 heterocycles. The second-order valence-electron chi connectivity index (χ2n) is 4.51. The van der Waals surface area contributed by atoms with E-state index in [1.807, 2.05) is 13.1 Å². The third kappa shape index (κ3) is 3.26. The van der Waals surface area contributed by atoms with E-state index in [-0.39, 0.29) is 18.0 Å². The lowest BCUT2D eigenvalue weighted by Crippen LogP contribution is -2.28. The molecular weight excluding hydrogens is 298 g/mol. The monoisotopic (exact) mass is 315 g/mol. The molecule has 0 atom stereocenters. The number of thiophene rings is 1. The summed E-state index contributed by atoms with van der Waals surface area (Å²) in [4.78, 5) is 0.659. The number of hydrogen-bond donors (Lipinski definition) is 2. The second kappa shape index (κ2) is 6.04. The van der Waals surface area contributed by atoms with Gasteiger partial charge in [0.1, 0.15) is 4.90 Å². The van der Waals surface area contributed by atoms with Crippen LogP contribution < -0.4 is 4.72 Å². The van der Waals surface area contributed by atoms with E-state index in [2.05, 4.69) is 9.82 Å². The summed E-state index contributed by atoms with van der Waals surface area (Å²) < 4.78 is 28.7. The predicted molar refractivity (Wildman–Crippen MR) is 77.1 cm³/mol. The number of aryl methyl sites for hydroxylation is 2. The van der Waals surface area contributed by atoms with Gasteiger partial charge in [-0.1, -0.05) is 0 Å². The lowest BCUT2D eigenvalue weighted by atomic mass is 10.3. The molecule has 0 bridgehead atoms. The van der Waals surface area contributed by atoms with E-state index in [1.54, 1.807) is 23.2 Å². The number of sulfonamides is 1. The zero-order valence-corrected chi connectivity index (χ0v) is 13.0. The Morgan fingerprint density at radius 2 is 2.20 bits per heavy atom. The molecule has 0 spiro atoms. The van der Waals surface area contributed by atoms with Gasteiger partial charge in [0.15, 0.2) is 0 Å². The van der Waals surface area contributed by atoms with Crippen LogP contribution in [0.5, 0.6) is 0 Å². The number of nitrogens with zero attached hydrogens (tertiary/aromatic N) is 2. The van der Waals surface area contributed by atoms with Crippen LogP contribution in [-0.2, 0) is 23.2 Å². The normalized spacial score (nSPS) is 11.9. The van der Waals surface area contributed by atoms with Crippen LogP contribution in [0.3, 0.4) is 0 Å². The Morgan fingerprint density at radius 1 is 1.45 bits per heavy atom. The molecule has 2 N–H and O–H groups in total. The summed E-state index contributed by atoms with van der Waals surface area (Å²) in [6, 6.07) is 0. The van der Waals surface area contributed by atoms with E-state index in [9.17, 15) is 13.5 Å². The fraction of sp³-hybridized carbons (Fsp3) is 0.417. The van der Waals surface area contributed by atoms with Gasteiger partial charge in [-0.2, -0.15) is 5.10 Å². The number of nitrogens with one attached hydrogen (secondary N) is 1. The largest absolute Gasteiger partial charge is 0.391 e. The first-order chi connectivity index (χ1) is 9.44. The molecule has 2 rings (SSSR count). The maximum Gasteiger partial charge on any atom is 0.242 e. The lowest BCUT2D eigenvalue weighted by molar-refractivity contribution is 0.282. The fourth-order valence-corrected chi connectivity index (χ4v) is 4.59. The third-order valence-corrected chi connectivity index (χ3v) is 5.71. The lowest BCUT2D eigenvalue weighted by Gasteiger charge is -2.08. The summed E-state index contributed by atoms with van der Waals surface area (Å²) in [5.41, 5.74) is 1.69. The van der Waals surface area contributed by atoms with Crippen LogP contribution in [0.15, 0.2) is 22.7 Å². The van der Waals surface area contributed by atoms with Crippen molar-refractivity contribution in [2.75, 3.05) is 6.54 Å². The summed E-state index contributed by atoms with van der Waals surface area (Å²) in [6.45, 7) is 4.10. The number of aliphatic hydroxyl groups is 1. The van der Waals surface area contributed by atoms with E-state index in [0.29, 0.717) is 17.0 Å². The molecule has 0 aliphatic carbocycles. The molecule has 110 valence electrons. The molecule has 0 aliphatic rings. The molecular formula is C12H17N3O3S2. The van der Waals surface area contributed by atoms with E-state index in [0.717, 1.165) is 5.56 Å². The van der Waals surface area contributed by atoms with E-state index in [4.69, 9.17) is 0 Å². The zero-order valence-electron chi connectivity index (χ0n) is 11.3. The number of aliphatic hydroxyl groups excluding tert-OH is 1. The van der Waals surface area contributed by atoms with Gasteiger partial charge in [0.25, 0.3) is 0 Å². The molecule has 0 amide bonds. The highest BCUT2D eigenvalue weighted by atomic mass is 32.2. The van der Waals surface area contributed by atoms with Crippen molar-refractivity contribution in [3.05, 3.63) is 33.8 Å². The van der Waals surface area contributed by atoms with Crippen molar-refractivity contribution in [1.82, 2.24) is 14.5 Å². The van der Waals surface area contributed by atoms with Gasteiger partial charge in [-0.15, -0.1) is 11.3 Å². The summed E-state index contributed by atoms with van der Waals surface area (Å²) in [7, 11) is -3.59. The topological polar surface area (TPSA) is 84.2 Å². The summed E-state index contributed by atoms with van der Waals surface area (Å²) in [5, 5.41) is 15.0. The highest BCUT2D eigenvalue weighted by Gasteiger charge is 2.22. The van der Waals surface area contributed by atoms with Crippen LogP contribution in [-0.4, -0.2) is 29.8 Å². The quantitative estimate of drug-likeness (QED) is 0.834. The molecule has 0 fully saturated rings. The highest BCUT2D eigenvalue weighted by molar-refractivity contribution is 7.89. The van der Waals surface area contributed by atoms with Crippen LogP contribution in [0.25, 0.3) is 0 Å². The van der Waals surface area contributed by atoms with Crippen LogP contribution in [0.4, 0.5) is 0 Å². The van der Waals surface area contributed by atoms with E-state index >= 15 is 0 Å². The molecule has 0 saturated carbocycles. The van der Waals surface area contributed by atoms with Crippen molar-refractivity contribution in [3.8, 4) is 0 Å². The molecule has 6 nitrogen and oxygen atoms in total. The first-order valence-electron chi connectivity index (χ1n) is 6.10. The minimum Gasteiger partial charge on any atom is -0.391 e. The molecule has 0 radical (unpaired) electrons. The van der Waals surface area contributed by atoms with Crippen molar-refractivity contribution in [2.24, 2.45) is 0 Å². The highest BCUT2D eigenvalue weighted by Crippen LogP contribution is 2.26. The Kier molecular flexibility index (Phi) is 4.59. The minimum absolute atomic E-state index is 0.196. The Balaban J connectivity index is 2.06. The molecule has 8 heteroatoms. The van der Waals surface area contributed by atoms with Crippen molar-refractivity contribution < 1.29 is 13.5 Å². The van der Waals surface area contributed by atoms with Gasteiger partial charge >= 0.3 is 0 Å². The molecule has 0 unspecified atom stereocenters. The maximum absolute atomic E-state index is 12.2. The Morgan fingerprint density at radius 3 is 2.80 bits per heavy atom. The molecule has 20 heavy (non-hydrogen) atoms. The molecule has 0 aliphatic heterocycles. The van der Waals surface area contributed by atoms with Gasteiger partial charge in [0.2, 0.25) is 10.0 Å². The summed E-state index contributed by atoms with van der Waals surface area (Å²) in [5.74, 6) is 0. The van der Waals surface area contributed by atoms with Crippen LogP contribution >= 0.6 is 11.3 Å². The third-order valence-electron chi connectivity index (χ3n) is 2.80. The van der Waals surface area contributed by atoms with Gasteiger partial charge < -0.3 is 5.11 Å². The van der Waals surface area contributed by atoms with Gasteiger partial charge in [-0.3, -0.25) is 4.68 Å². The van der Waals surface area contributed by atoms with Crippen LogP contribution in [0.1, 0.15) is 16.0 Å².